The highest BCUT2D eigenvalue weighted by molar-refractivity contribution is 6.33. The van der Waals surface area contributed by atoms with E-state index in [1.807, 2.05) is 0 Å². The van der Waals surface area contributed by atoms with Crippen LogP contribution < -0.4 is 16.4 Å². The van der Waals surface area contributed by atoms with Gasteiger partial charge in [-0.3, -0.25) is 0 Å². The molecule has 6 heteroatoms. The molecular weight excluding hydrogens is 242 g/mol. The molecule has 17 heavy (non-hydrogen) atoms. The lowest BCUT2D eigenvalue weighted by Gasteiger charge is -2.12. The van der Waals surface area contributed by atoms with E-state index in [0.29, 0.717) is 29.6 Å². The highest BCUT2D eigenvalue weighted by atomic mass is 35.5. The summed E-state index contributed by atoms with van der Waals surface area (Å²) in [5.74, 6) is 0. The number of anilines is 2. The predicted octanol–water partition coefficient (Wildman–Crippen LogP) is 1.83. The average Bonchev–Trinajstić information content (AvgIpc) is 2.76. The van der Waals surface area contributed by atoms with Crippen LogP contribution >= 0.6 is 11.6 Å². The number of amides is 2. The number of nitrogens with two attached hydrogens (primary N) is 1. The first kappa shape index (κ1) is 12.0. The largest absolute Gasteiger partial charge is 0.397 e. The average molecular weight is 256 g/mol. The fourth-order valence-corrected chi connectivity index (χ4v) is 1.74. The molecule has 5 nitrogen and oxygen atoms in total. The van der Waals surface area contributed by atoms with Gasteiger partial charge in [-0.25, -0.2) is 4.79 Å². The topological polar surface area (TPSA) is 76.4 Å². The summed E-state index contributed by atoms with van der Waals surface area (Å²) in [5, 5.41) is 5.98. The van der Waals surface area contributed by atoms with Gasteiger partial charge in [0.1, 0.15) is 0 Å². The molecule has 1 aromatic carbocycles. The summed E-state index contributed by atoms with van der Waals surface area (Å²) in [6.45, 7) is 1.26. The Morgan fingerprint density at radius 1 is 1.53 bits per heavy atom. The number of carbonyl (C=O) groups excluding carboxylic acids is 1. The van der Waals surface area contributed by atoms with E-state index >= 15 is 0 Å². The Labute approximate surface area is 104 Å². The van der Waals surface area contributed by atoms with E-state index in [0.717, 1.165) is 6.42 Å². The highest BCUT2D eigenvalue weighted by Gasteiger charge is 2.17. The fourth-order valence-electron chi connectivity index (χ4n) is 1.62. The number of nitrogens with one attached hydrogen (secondary N) is 2. The zero-order chi connectivity index (χ0) is 12.3. The molecule has 1 fully saturated rings. The Hall–Kier alpha value is -1.46. The Morgan fingerprint density at radius 3 is 3.00 bits per heavy atom. The standard InChI is InChI=1S/C11H14ClN3O2/c12-9-2-1-7(5-10(9)13)14-11(16)15-8-3-4-17-6-8/h1-2,5,8H,3-4,6,13H2,(H2,14,15,16). The molecule has 0 radical (unpaired) electrons. The molecule has 1 heterocycles. The predicted molar refractivity (Wildman–Crippen MR) is 67.2 cm³/mol. The summed E-state index contributed by atoms with van der Waals surface area (Å²) in [5.41, 5.74) is 6.69. The molecule has 1 saturated heterocycles. The number of rotatable bonds is 2. The summed E-state index contributed by atoms with van der Waals surface area (Å²) < 4.78 is 5.16. The molecular formula is C11H14ClN3O2. The van der Waals surface area contributed by atoms with Crippen molar-refractivity contribution >= 4 is 29.0 Å². The van der Waals surface area contributed by atoms with Crippen molar-refractivity contribution in [3.8, 4) is 0 Å². The quantitative estimate of drug-likeness (QED) is 0.706. The van der Waals surface area contributed by atoms with Gasteiger partial charge in [0.15, 0.2) is 0 Å². The van der Waals surface area contributed by atoms with Crippen molar-refractivity contribution in [1.82, 2.24) is 5.32 Å². The van der Waals surface area contributed by atoms with E-state index in [2.05, 4.69) is 10.6 Å². The molecule has 1 atom stereocenters. The summed E-state index contributed by atoms with van der Waals surface area (Å²) in [6, 6.07) is 4.78. The van der Waals surface area contributed by atoms with Crippen LogP contribution in [0.2, 0.25) is 5.02 Å². The second kappa shape index (κ2) is 5.25. The van der Waals surface area contributed by atoms with Crippen molar-refractivity contribution in [3.05, 3.63) is 23.2 Å². The minimum atomic E-state index is -0.262. The summed E-state index contributed by atoms with van der Waals surface area (Å²) in [6.07, 6.45) is 0.843. The van der Waals surface area contributed by atoms with E-state index in [1.54, 1.807) is 18.2 Å². The maximum atomic E-state index is 11.6. The number of carbonyl (C=O) groups is 1. The third-order valence-corrected chi connectivity index (χ3v) is 2.86. The van der Waals surface area contributed by atoms with Gasteiger partial charge in [0.25, 0.3) is 0 Å². The van der Waals surface area contributed by atoms with Gasteiger partial charge in [0, 0.05) is 12.3 Å². The van der Waals surface area contributed by atoms with Crippen LogP contribution in [-0.4, -0.2) is 25.3 Å². The van der Waals surface area contributed by atoms with Gasteiger partial charge in [0.05, 0.1) is 23.4 Å². The molecule has 1 aromatic rings. The van der Waals surface area contributed by atoms with Crippen molar-refractivity contribution in [2.45, 2.75) is 12.5 Å². The van der Waals surface area contributed by atoms with E-state index in [4.69, 9.17) is 22.1 Å². The van der Waals surface area contributed by atoms with E-state index in [1.165, 1.54) is 0 Å². The molecule has 1 unspecified atom stereocenters. The van der Waals surface area contributed by atoms with Crippen molar-refractivity contribution in [2.24, 2.45) is 0 Å². The Kier molecular flexibility index (Phi) is 3.71. The highest BCUT2D eigenvalue weighted by Crippen LogP contribution is 2.22. The van der Waals surface area contributed by atoms with Crippen molar-refractivity contribution in [1.29, 1.82) is 0 Å². The van der Waals surface area contributed by atoms with Crippen LogP contribution in [0.4, 0.5) is 16.2 Å². The molecule has 4 N–H and O–H groups in total. The minimum absolute atomic E-state index is 0.0830. The normalized spacial score (nSPS) is 19.0. The van der Waals surface area contributed by atoms with Crippen LogP contribution in [0.15, 0.2) is 18.2 Å². The first-order valence-corrected chi connectivity index (χ1v) is 5.73. The number of hydrogen-bond acceptors (Lipinski definition) is 3. The second-order valence-corrected chi connectivity index (χ2v) is 4.30. The van der Waals surface area contributed by atoms with Crippen LogP contribution in [-0.2, 0) is 4.74 Å². The van der Waals surface area contributed by atoms with E-state index < -0.39 is 0 Å². The maximum Gasteiger partial charge on any atom is 0.319 e. The Balaban J connectivity index is 1.90. The van der Waals surface area contributed by atoms with Gasteiger partial charge in [0.2, 0.25) is 0 Å². The monoisotopic (exact) mass is 255 g/mol. The maximum absolute atomic E-state index is 11.6. The zero-order valence-corrected chi connectivity index (χ0v) is 9.96. The third kappa shape index (κ3) is 3.25. The number of benzene rings is 1. The lowest BCUT2D eigenvalue weighted by Crippen LogP contribution is -2.38. The third-order valence-electron chi connectivity index (χ3n) is 2.52. The number of ether oxygens (including phenoxy) is 1. The van der Waals surface area contributed by atoms with Crippen molar-refractivity contribution < 1.29 is 9.53 Å². The second-order valence-electron chi connectivity index (χ2n) is 3.90. The van der Waals surface area contributed by atoms with Crippen LogP contribution in [0, 0.1) is 0 Å². The zero-order valence-electron chi connectivity index (χ0n) is 9.20. The van der Waals surface area contributed by atoms with Crippen LogP contribution in [0.25, 0.3) is 0 Å². The number of urea groups is 1. The Morgan fingerprint density at radius 2 is 2.35 bits per heavy atom. The number of halogens is 1. The SMILES string of the molecule is Nc1cc(NC(=O)NC2CCOC2)ccc1Cl. The van der Waals surface area contributed by atoms with Crippen LogP contribution in [0.1, 0.15) is 6.42 Å². The van der Waals surface area contributed by atoms with Gasteiger partial charge in [-0.2, -0.15) is 0 Å². The van der Waals surface area contributed by atoms with Gasteiger partial charge >= 0.3 is 6.03 Å². The summed E-state index contributed by atoms with van der Waals surface area (Å²) >= 11 is 5.78. The molecule has 1 aliphatic rings. The van der Waals surface area contributed by atoms with Crippen LogP contribution in [0.3, 0.4) is 0 Å². The molecule has 92 valence electrons. The number of hydrogen-bond donors (Lipinski definition) is 3. The van der Waals surface area contributed by atoms with Gasteiger partial charge in [-0.1, -0.05) is 11.6 Å². The first-order chi connectivity index (χ1) is 8.15. The van der Waals surface area contributed by atoms with Gasteiger partial charge in [-0.15, -0.1) is 0 Å². The molecule has 0 saturated carbocycles. The van der Waals surface area contributed by atoms with E-state index in [-0.39, 0.29) is 12.1 Å². The first-order valence-electron chi connectivity index (χ1n) is 5.35. The summed E-state index contributed by atoms with van der Waals surface area (Å²) in [4.78, 5) is 11.6. The number of nitrogen functional groups attached to an aromatic ring is 1. The van der Waals surface area contributed by atoms with Crippen LogP contribution in [0.5, 0.6) is 0 Å². The van der Waals surface area contributed by atoms with Crippen molar-refractivity contribution in [2.75, 3.05) is 24.3 Å². The molecule has 1 aliphatic heterocycles. The molecule has 0 bridgehead atoms. The molecule has 0 aliphatic carbocycles. The molecule has 2 amide bonds. The van der Waals surface area contributed by atoms with Crippen molar-refractivity contribution in [3.63, 3.8) is 0 Å². The van der Waals surface area contributed by atoms with Gasteiger partial charge < -0.3 is 21.1 Å². The summed E-state index contributed by atoms with van der Waals surface area (Å²) in [7, 11) is 0. The fraction of sp³-hybridized carbons (Fsp3) is 0.364. The molecule has 0 spiro atoms. The Bertz CT molecular complexity index is 419. The lowest BCUT2D eigenvalue weighted by molar-refractivity contribution is 0.189. The smallest absolute Gasteiger partial charge is 0.319 e. The molecule has 0 aromatic heterocycles. The minimum Gasteiger partial charge on any atom is -0.397 e. The van der Waals surface area contributed by atoms with Gasteiger partial charge in [-0.05, 0) is 24.6 Å². The van der Waals surface area contributed by atoms with E-state index in [9.17, 15) is 4.79 Å². The lowest BCUT2D eigenvalue weighted by atomic mass is 10.2. The molecule has 2 rings (SSSR count).